The van der Waals surface area contributed by atoms with E-state index in [2.05, 4.69) is 27.8 Å². The number of benzene rings is 2. The summed E-state index contributed by atoms with van der Waals surface area (Å²) in [5.74, 6) is 1.84. The number of imidazole rings is 1. The zero-order chi connectivity index (χ0) is 28.2. The zero-order valence-corrected chi connectivity index (χ0v) is 23.0. The van der Waals surface area contributed by atoms with Gasteiger partial charge in [-0.05, 0) is 62.7 Å². The first-order valence-corrected chi connectivity index (χ1v) is 13.4. The van der Waals surface area contributed by atoms with Gasteiger partial charge in [0.05, 0.1) is 37.3 Å². The molecule has 1 aliphatic rings. The Balaban J connectivity index is 1.47. The second-order valence-corrected chi connectivity index (χ2v) is 9.91. The lowest BCUT2D eigenvalue weighted by atomic mass is 10.1. The maximum absolute atomic E-state index is 14.6. The van der Waals surface area contributed by atoms with Crippen molar-refractivity contribution in [3.05, 3.63) is 78.7 Å². The van der Waals surface area contributed by atoms with Gasteiger partial charge in [0.1, 0.15) is 11.6 Å². The fourth-order valence-corrected chi connectivity index (χ4v) is 4.93. The van der Waals surface area contributed by atoms with Crippen molar-refractivity contribution in [1.82, 2.24) is 19.3 Å². The average molecular weight is 545 g/mol. The molecule has 40 heavy (non-hydrogen) atoms. The van der Waals surface area contributed by atoms with Gasteiger partial charge in [-0.3, -0.25) is 19.1 Å². The van der Waals surface area contributed by atoms with E-state index in [9.17, 15) is 9.18 Å². The number of rotatable bonds is 11. The predicted molar refractivity (Wildman–Crippen MR) is 151 cm³/mol. The van der Waals surface area contributed by atoms with Crippen LogP contribution in [0.2, 0.25) is 0 Å². The van der Waals surface area contributed by atoms with E-state index in [4.69, 9.17) is 19.2 Å². The molecule has 8 nitrogen and oxygen atoms in total. The van der Waals surface area contributed by atoms with E-state index in [0.29, 0.717) is 30.4 Å². The van der Waals surface area contributed by atoms with Crippen molar-refractivity contribution in [3.8, 4) is 34.4 Å². The van der Waals surface area contributed by atoms with E-state index < -0.39 is 5.82 Å². The van der Waals surface area contributed by atoms with Crippen molar-refractivity contribution in [3.63, 3.8) is 0 Å². The second-order valence-electron chi connectivity index (χ2n) is 9.91. The van der Waals surface area contributed by atoms with Crippen LogP contribution in [-0.2, 0) is 4.79 Å². The van der Waals surface area contributed by atoms with Crippen molar-refractivity contribution < 1.29 is 23.4 Å². The molecule has 9 heteroatoms. The Morgan fingerprint density at radius 1 is 1.15 bits per heavy atom. The van der Waals surface area contributed by atoms with Gasteiger partial charge in [-0.1, -0.05) is 19.6 Å². The van der Waals surface area contributed by atoms with Gasteiger partial charge >= 0.3 is 0 Å². The molecule has 1 saturated heterocycles. The van der Waals surface area contributed by atoms with Crippen LogP contribution in [0.4, 0.5) is 4.39 Å². The van der Waals surface area contributed by atoms with Crippen LogP contribution in [0.25, 0.3) is 16.8 Å². The molecule has 2 aromatic carbocycles. The fourth-order valence-electron chi connectivity index (χ4n) is 4.93. The Morgan fingerprint density at radius 3 is 2.65 bits per heavy atom. The lowest BCUT2D eigenvalue weighted by Crippen LogP contribution is -2.25. The van der Waals surface area contributed by atoms with Crippen LogP contribution in [0.1, 0.15) is 38.4 Å². The van der Waals surface area contributed by atoms with Gasteiger partial charge < -0.3 is 14.2 Å². The van der Waals surface area contributed by atoms with Crippen molar-refractivity contribution in [1.29, 1.82) is 0 Å². The Hall–Kier alpha value is -4.24. The third-order valence-electron chi connectivity index (χ3n) is 7.05. The van der Waals surface area contributed by atoms with Gasteiger partial charge in [-0.15, -0.1) is 0 Å². The molecule has 0 N–H and O–H groups in total. The lowest BCUT2D eigenvalue weighted by Gasteiger charge is -2.16. The monoisotopic (exact) mass is 544 g/mol. The predicted octanol–water partition coefficient (Wildman–Crippen LogP) is 6.06. The summed E-state index contributed by atoms with van der Waals surface area (Å²) in [6.45, 7) is 10.3. The quantitative estimate of drug-likeness (QED) is 0.212. The molecular formula is C31H33FN4O4. The summed E-state index contributed by atoms with van der Waals surface area (Å²) < 4.78 is 33.6. The van der Waals surface area contributed by atoms with Gasteiger partial charge in [-0.25, -0.2) is 4.98 Å². The van der Waals surface area contributed by atoms with Crippen LogP contribution in [0.5, 0.6) is 23.1 Å². The molecule has 3 heterocycles. The molecule has 2 aromatic heterocycles. The van der Waals surface area contributed by atoms with Crippen LogP contribution in [0.3, 0.4) is 0 Å². The number of Topliss-reactive ketones (excluding diaryl/α,β-unsaturated/α-hetero) is 1. The second kappa shape index (κ2) is 11.9. The highest BCUT2D eigenvalue weighted by Crippen LogP contribution is 2.36. The number of ketones is 1. The number of hydrogen-bond donors (Lipinski definition) is 0. The molecule has 208 valence electrons. The summed E-state index contributed by atoms with van der Waals surface area (Å²) in [5.41, 5.74) is 3.09. The lowest BCUT2D eigenvalue weighted by molar-refractivity contribution is -0.113. The van der Waals surface area contributed by atoms with E-state index >= 15 is 0 Å². The molecule has 0 spiro atoms. The highest BCUT2D eigenvalue weighted by atomic mass is 19.1. The largest absolute Gasteiger partial charge is 0.494 e. The summed E-state index contributed by atoms with van der Waals surface area (Å²) in [6, 6.07) is 12.1. The summed E-state index contributed by atoms with van der Waals surface area (Å²) in [4.78, 5) is 23.5. The maximum Gasteiger partial charge on any atom is 0.218 e. The molecule has 0 aliphatic carbocycles. The maximum atomic E-state index is 14.6. The number of likely N-dealkylation sites (tertiary alicyclic amines) is 1. The minimum atomic E-state index is -0.554. The summed E-state index contributed by atoms with van der Waals surface area (Å²) in [6.07, 6.45) is 5.29. The molecule has 0 saturated carbocycles. The Labute approximate surface area is 233 Å². The molecule has 5 rings (SSSR count). The van der Waals surface area contributed by atoms with Crippen LogP contribution in [0, 0.1) is 5.82 Å². The Kier molecular flexibility index (Phi) is 8.11. The van der Waals surface area contributed by atoms with E-state index in [-0.39, 0.29) is 23.2 Å². The molecule has 0 amide bonds. The molecule has 1 atom stereocenters. The Morgan fingerprint density at radius 2 is 1.93 bits per heavy atom. The van der Waals surface area contributed by atoms with Gasteiger partial charge in [0.15, 0.2) is 17.3 Å². The number of halogens is 1. The number of carbonyl (C=O) groups is 1. The van der Waals surface area contributed by atoms with Gasteiger partial charge in [0.2, 0.25) is 11.7 Å². The molecular weight excluding hydrogens is 511 g/mol. The van der Waals surface area contributed by atoms with Crippen LogP contribution < -0.4 is 14.2 Å². The standard InChI is InChI=1S/C31H33FN4O4/c1-5-15-39-28-17-33-16-25-30(34-31(36(25)28)23-13-14-35(19-23)18-20(2)21(3)37)22-9-11-24(12-10-22)40-27-8-6-7-26(38-4)29(27)32/h6-12,16-17,23H,2,5,13-15,18-19H2,1,3-4H3/t23-/m1/s1. The topological polar surface area (TPSA) is 78.2 Å². The van der Waals surface area contributed by atoms with Crippen molar-refractivity contribution in [2.45, 2.75) is 32.6 Å². The summed E-state index contributed by atoms with van der Waals surface area (Å²) in [7, 11) is 1.42. The zero-order valence-electron chi connectivity index (χ0n) is 23.0. The number of carbonyl (C=O) groups excluding carboxylic acids is 1. The normalized spacial score (nSPS) is 15.3. The average Bonchev–Trinajstić information content (AvgIpc) is 3.58. The third-order valence-corrected chi connectivity index (χ3v) is 7.05. The minimum Gasteiger partial charge on any atom is -0.494 e. The summed E-state index contributed by atoms with van der Waals surface area (Å²) >= 11 is 0. The molecule has 1 aliphatic heterocycles. The van der Waals surface area contributed by atoms with Crippen LogP contribution in [-0.4, -0.2) is 58.4 Å². The number of hydrogen-bond acceptors (Lipinski definition) is 7. The third kappa shape index (κ3) is 5.56. The van der Waals surface area contributed by atoms with Crippen molar-refractivity contribution in [2.75, 3.05) is 33.4 Å². The van der Waals surface area contributed by atoms with Gasteiger partial charge in [0.25, 0.3) is 0 Å². The molecule has 0 unspecified atom stereocenters. The Bertz CT molecular complexity index is 1530. The number of methoxy groups -OCH3 is 1. The van der Waals surface area contributed by atoms with Gasteiger partial charge in [0, 0.05) is 30.1 Å². The first kappa shape index (κ1) is 27.3. The first-order chi connectivity index (χ1) is 19.4. The highest BCUT2D eigenvalue weighted by molar-refractivity contribution is 5.93. The van der Waals surface area contributed by atoms with E-state index in [0.717, 1.165) is 48.5 Å². The summed E-state index contributed by atoms with van der Waals surface area (Å²) in [5, 5.41) is 0. The minimum absolute atomic E-state index is 0.0138. The molecule has 1 fully saturated rings. The van der Waals surface area contributed by atoms with Crippen LogP contribution >= 0.6 is 0 Å². The van der Waals surface area contributed by atoms with Crippen molar-refractivity contribution in [2.24, 2.45) is 0 Å². The molecule has 4 aromatic rings. The number of fused-ring (bicyclic) bond motifs is 1. The van der Waals surface area contributed by atoms with Crippen LogP contribution in [0.15, 0.2) is 67.0 Å². The highest BCUT2D eigenvalue weighted by Gasteiger charge is 2.30. The SMILES string of the molecule is C=C(CN1CC[C@@H](c2nc(-c3ccc(Oc4cccc(OC)c4F)cc3)c3cncc(OCCC)n23)C1)C(C)=O. The van der Waals surface area contributed by atoms with E-state index in [1.165, 1.54) is 7.11 Å². The molecule has 0 radical (unpaired) electrons. The molecule has 0 bridgehead atoms. The van der Waals surface area contributed by atoms with E-state index in [1.54, 1.807) is 49.6 Å². The number of aromatic nitrogens is 3. The number of ether oxygens (including phenoxy) is 3. The van der Waals surface area contributed by atoms with Gasteiger partial charge in [-0.2, -0.15) is 4.39 Å². The van der Waals surface area contributed by atoms with E-state index in [1.807, 2.05) is 12.1 Å². The smallest absolute Gasteiger partial charge is 0.218 e. The van der Waals surface area contributed by atoms with Crippen molar-refractivity contribution >= 4 is 11.3 Å². The number of nitrogens with zero attached hydrogens (tertiary/aromatic N) is 4. The fraction of sp³-hybridized carbons (Fsp3) is 0.323. The first-order valence-electron chi connectivity index (χ1n) is 13.4.